The number of likely N-dealkylation sites (tertiary alicyclic amines) is 1. The van der Waals surface area contributed by atoms with Crippen LogP contribution in [0.1, 0.15) is 24.0 Å². The highest BCUT2D eigenvalue weighted by atomic mass is 16.2. The number of hydrogen-bond donors (Lipinski definition) is 2. The average molecular weight is 259 g/mol. The van der Waals surface area contributed by atoms with Gasteiger partial charge in [-0.15, -0.1) is 0 Å². The van der Waals surface area contributed by atoms with Gasteiger partial charge in [0.05, 0.1) is 5.92 Å². The second-order valence-electron chi connectivity index (χ2n) is 5.50. The molecule has 0 spiro atoms. The number of nitrogens with one attached hydrogen (secondary N) is 1. The van der Waals surface area contributed by atoms with Gasteiger partial charge in [0.1, 0.15) is 0 Å². The van der Waals surface area contributed by atoms with Crippen LogP contribution >= 0.6 is 0 Å². The highest BCUT2D eigenvalue weighted by molar-refractivity contribution is 5.82. The normalized spacial score (nSPS) is 27.1. The van der Waals surface area contributed by atoms with Crippen molar-refractivity contribution in [3.8, 4) is 0 Å². The minimum Gasteiger partial charge on any atom is -0.354 e. The lowest BCUT2D eigenvalue weighted by atomic mass is 9.91. The molecule has 0 aliphatic carbocycles. The van der Waals surface area contributed by atoms with Crippen LogP contribution in [0.4, 0.5) is 0 Å². The van der Waals surface area contributed by atoms with Crippen LogP contribution in [0, 0.1) is 5.92 Å². The fourth-order valence-corrected chi connectivity index (χ4v) is 3.37. The summed E-state index contributed by atoms with van der Waals surface area (Å²) in [6.07, 6.45) is 2.14. The lowest BCUT2D eigenvalue weighted by Gasteiger charge is -2.36. The summed E-state index contributed by atoms with van der Waals surface area (Å²) >= 11 is 0. The van der Waals surface area contributed by atoms with Crippen molar-refractivity contribution in [2.24, 2.45) is 11.7 Å². The first kappa shape index (κ1) is 12.6. The SMILES string of the molecule is NCc1ccccc1CN1CCCC2C(=O)NCC21. The third-order valence-electron chi connectivity index (χ3n) is 4.43. The molecule has 1 aromatic carbocycles. The Labute approximate surface area is 114 Å². The van der Waals surface area contributed by atoms with Crippen molar-refractivity contribution in [3.05, 3.63) is 35.4 Å². The summed E-state index contributed by atoms with van der Waals surface area (Å²) in [5, 5.41) is 3.00. The Morgan fingerprint density at radius 2 is 2.11 bits per heavy atom. The summed E-state index contributed by atoms with van der Waals surface area (Å²) < 4.78 is 0. The Morgan fingerprint density at radius 3 is 2.89 bits per heavy atom. The maximum Gasteiger partial charge on any atom is 0.224 e. The van der Waals surface area contributed by atoms with E-state index >= 15 is 0 Å². The Kier molecular flexibility index (Phi) is 3.53. The number of amides is 1. The topological polar surface area (TPSA) is 58.4 Å². The fourth-order valence-electron chi connectivity index (χ4n) is 3.37. The second kappa shape index (κ2) is 5.31. The van der Waals surface area contributed by atoms with Gasteiger partial charge in [0.15, 0.2) is 0 Å². The second-order valence-corrected chi connectivity index (χ2v) is 5.50. The number of piperidine rings is 1. The van der Waals surface area contributed by atoms with Gasteiger partial charge in [-0.05, 0) is 30.5 Å². The van der Waals surface area contributed by atoms with Crippen molar-refractivity contribution in [1.29, 1.82) is 0 Å². The van der Waals surface area contributed by atoms with E-state index in [9.17, 15) is 4.79 Å². The maximum atomic E-state index is 11.8. The predicted molar refractivity (Wildman–Crippen MR) is 74.3 cm³/mol. The monoisotopic (exact) mass is 259 g/mol. The van der Waals surface area contributed by atoms with Gasteiger partial charge in [0.2, 0.25) is 5.91 Å². The van der Waals surface area contributed by atoms with Crippen LogP contribution in [0.15, 0.2) is 24.3 Å². The first-order valence-corrected chi connectivity index (χ1v) is 7.08. The molecule has 2 atom stereocenters. The molecule has 3 N–H and O–H groups in total. The van der Waals surface area contributed by atoms with Crippen LogP contribution in [0.3, 0.4) is 0 Å². The van der Waals surface area contributed by atoms with Crippen molar-refractivity contribution >= 4 is 5.91 Å². The summed E-state index contributed by atoms with van der Waals surface area (Å²) in [5.41, 5.74) is 8.31. The molecule has 2 saturated heterocycles. The van der Waals surface area contributed by atoms with Crippen LogP contribution in [-0.4, -0.2) is 29.9 Å². The average Bonchev–Trinajstić information content (AvgIpc) is 2.82. The first-order valence-electron chi connectivity index (χ1n) is 7.08. The number of hydrogen-bond acceptors (Lipinski definition) is 3. The number of benzene rings is 1. The summed E-state index contributed by atoms with van der Waals surface area (Å²) in [5.74, 6) is 0.431. The van der Waals surface area contributed by atoms with E-state index in [0.717, 1.165) is 32.5 Å². The van der Waals surface area contributed by atoms with Crippen molar-refractivity contribution in [1.82, 2.24) is 10.2 Å². The van der Waals surface area contributed by atoms with Crippen LogP contribution in [0.2, 0.25) is 0 Å². The minimum absolute atomic E-state index is 0.193. The smallest absolute Gasteiger partial charge is 0.224 e. The third-order valence-corrected chi connectivity index (χ3v) is 4.43. The lowest BCUT2D eigenvalue weighted by Crippen LogP contribution is -2.45. The van der Waals surface area contributed by atoms with Gasteiger partial charge in [-0.3, -0.25) is 9.69 Å². The van der Waals surface area contributed by atoms with Gasteiger partial charge < -0.3 is 11.1 Å². The summed E-state index contributed by atoms with van der Waals surface area (Å²) in [6.45, 7) is 3.36. The molecule has 19 heavy (non-hydrogen) atoms. The number of carbonyl (C=O) groups excluding carboxylic acids is 1. The Balaban J connectivity index is 1.77. The maximum absolute atomic E-state index is 11.8. The Hall–Kier alpha value is -1.39. The molecular weight excluding hydrogens is 238 g/mol. The molecule has 0 radical (unpaired) electrons. The molecule has 0 aromatic heterocycles. The van der Waals surface area contributed by atoms with Crippen molar-refractivity contribution in [3.63, 3.8) is 0 Å². The number of carbonyl (C=O) groups is 1. The molecule has 3 rings (SSSR count). The van der Waals surface area contributed by atoms with Gasteiger partial charge in [-0.2, -0.15) is 0 Å². The van der Waals surface area contributed by atoms with Crippen LogP contribution in [-0.2, 0) is 17.9 Å². The highest BCUT2D eigenvalue weighted by Gasteiger charge is 2.40. The van der Waals surface area contributed by atoms with Crippen molar-refractivity contribution < 1.29 is 4.79 Å². The summed E-state index contributed by atoms with van der Waals surface area (Å²) in [4.78, 5) is 14.2. The van der Waals surface area contributed by atoms with Crippen molar-refractivity contribution in [2.75, 3.05) is 13.1 Å². The first-order chi connectivity index (χ1) is 9.29. The molecule has 2 aliphatic heterocycles. The lowest BCUT2D eigenvalue weighted by molar-refractivity contribution is -0.124. The van der Waals surface area contributed by atoms with E-state index in [-0.39, 0.29) is 11.8 Å². The zero-order chi connectivity index (χ0) is 13.2. The number of fused-ring (bicyclic) bond motifs is 1. The predicted octanol–water partition coefficient (Wildman–Crippen LogP) is 0.856. The molecule has 0 saturated carbocycles. The molecule has 4 heteroatoms. The van der Waals surface area contributed by atoms with Crippen LogP contribution in [0.5, 0.6) is 0 Å². The fraction of sp³-hybridized carbons (Fsp3) is 0.533. The molecule has 2 fully saturated rings. The van der Waals surface area contributed by atoms with E-state index in [1.165, 1.54) is 11.1 Å². The van der Waals surface area contributed by atoms with Gasteiger partial charge in [-0.25, -0.2) is 0 Å². The molecule has 4 nitrogen and oxygen atoms in total. The van der Waals surface area contributed by atoms with Gasteiger partial charge >= 0.3 is 0 Å². The zero-order valence-corrected chi connectivity index (χ0v) is 11.1. The van der Waals surface area contributed by atoms with Crippen LogP contribution in [0.25, 0.3) is 0 Å². The van der Waals surface area contributed by atoms with Crippen molar-refractivity contribution in [2.45, 2.75) is 32.0 Å². The Bertz CT molecular complexity index is 474. The molecule has 102 valence electrons. The Morgan fingerprint density at radius 1 is 1.32 bits per heavy atom. The third kappa shape index (κ3) is 2.38. The van der Waals surface area contributed by atoms with Gasteiger partial charge in [-0.1, -0.05) is 24.3 Å². The zero-order valence-electron chi connectivity index (χ0n) is 11.1. The van der Waals surface area contributed by atoms with Gasteiger partial charge in [0.25, 0.3) is 0 Å². The number of nitrogens with zero attached hydrogens (tertiary/aromatic N) is 1. The van der Waals surface area contributed by atoms with E-state index in [1.54, 1.807) is 0 Å². The molecule has 1 amide bonds. The number of rotatable bonds is 3. The highest BCUT2D eigenvalue weighted by Crippen LogP contribution is 2.29. The van der Waals surface area contributed by atoms with E-state index in [2.05, 4.69) is 28.4 Å². The van der Waals surface area contributed by atoms with Crippen LogP contribution < -0.4 is 11.1 Å². The van der Waals surface area contributed by atoms with E-state index in [4.69, 9.17) is 5.73 Å². The number of nitrogens with two attached hydrogens (primary N) is 1. The summed E-state index contributed by atoms with van der Waals surface area (Å²) in [6, 6.07) is 8.71. The standard InChI is InChI=1S/C15H21N3O/c16-8-11-4-1-2-5-12(11)10-18-7-3-6-13-14(18)9-17-15(13)19/h1-2,4-5,13-14H,3,6-10,16H2,(H,17,19). The quantitative estimate of drug-likeness (QED) is 0.846. The molecule has 2 heterocycles. The van der Waals surface area contributed by atoms with E-state index in [0.29, 0.717) is 12.6 Å². The molecule has 0 bridgehead atoms. The van der Waals surface area contributed by atoms with E-state index < -0.39 is 0 Å². The minimum atomic E-state index is 0.193. The molecule has 2 aliphatic rings. The molecule has 2 unspecified atom stereocenters. The van der Waals surface area contributed by atoms with Gasteiger partial charge in [0, 0.05) is 25.7 Å². The summed E-state index contributed by atoms with van der Waals surface area (Å²) in [7, 11) is 0. The molecular formula is C15H21N3O. The largest absolute Gasteiger partial charge is 0.354 e. The molecule has 1 aromatic rings. The van der Waals surface area contributed by atoms with E-state index in [1.807, 2.05) is 6.07 Å².